The fourth-order valence-corrected chi connectivity index (χ4v) is 2.10. The zero-order chi connectivity index (χ0) is 8.86. The molecule has 0 saturated carbocycles. The average molecular weight is 237 g/mol. The third kappa shape index (κ3) is 2.71. The van der Waals surface area contributed by atoms with Gasteiger partial charge in [0.2, 0.25) is 0 Å². The van der Waals surface area contributed by atoms with Gasteiger partial charge in [0, 0.05) is 38.0 Å². The molecule has 1 rings (SSSR count). The molecule has 0 unspecified atom stereocenters. The lowest BCUT2D eigenvalue weighted by molar-refractivity contribution is -0.0949. The molecule has 0 aromatic rings. The molecule has 1 aliphatic rings. The maximum Gasteiger partial charge on any atom is 0.0822 e. The Morgan fingerprint density at radius 1 is 1.42 bits per heavy atom. The van der Waals surface area contributed by atoms with Crippen LogP contribution < -0.4 is 0 Å². The molecule has 72 valence electrons. The Kier molecular flexibility index (Phi) is 4.54. The van der Waals surface area contributed by atoms with Gasteiger partial charge in [-0.05, 0) is 6.42 Å². The Labute approximate surface area is 82.7 Å². The van der Waals surface area contributed by atoms with Crippen LogP contribution in [0.2, 0.25) is 0 Å². The molecule has 3 heteroatoms. The van der Waals surface area contributed by atoms with Crippen molar-refractivity contribution in [2.24, 2.45) is 0 Å². The average Bonchev–Trinajstić information content (AvgIpc) is 2.16. The standard InChI is InChI=1S/C9H17BrO2/c1-2-5-12-9(8-10)3-6-11-7-4-9/h2-8H2,1H3. The summed E-state index contributed by atoms with van der Waals surface area (Å²) in [6.45, 7) is 4.69. The maximum atomic E-state index is 5.84. The van der Waals surface area contributed by atoms with Crippen molar-refractivity contribution in [3.05, 3.63) is 0 Å². The molecule has 0 aliphatic carbocycles. The highest BCUT2D eigenvalue weighted by atomic mass is 79.9. The smallest absolute Gasteiger partial charge is 0.0822 e. The van der Waals surface area contributed by atoms with Crippen molar-refractivity contribution in [3.63, 3.8) is 0 Å². The first-order chi connectivity index (χ1) is 5.83. The highest BCUT2D eigenvalue weighted by molar-refractivity contribution is 9.09. The molecule has 0 aromatic heterocycles. The van der Waals surface area contributed by atoms with E-state index in [1.54, 1.807) is 0 Å². The number of hydrogen-bond donors (Lipinski definition) is 0. The monoisotopic (exact) mass is 236 g/mol. The second-order valence-corrected chi connectivity index (χ2v) is 3.84. The van der Waals surface area contributed by atoms with Gasteiger partial charge in [0.25, 0.3) is 0 Å². The lowest BCUT2D eigenvalue weighted by atomic mass is 9.97. The van der Waals surface area contributed by atoms with Gasteiger partial charge < -0.3 is 9.47 Å². The van der Waals surface area contributed by atoms with Gasteiger partial charge in [0.1, 0.15) is 0 Å². The van der Waals surface area contributed by atoms with Gasteiger partial charge in [-0.15, -0.1) is 0 Å². The molecule has 0 bridgehead atoms. The van der Waals surface area contributed by atoms with E-state index in [-0.39, 0.29) is 5.60 Å². The fourth-order valence-electron chi connectivity index (χ4n) is 1.38. The van der Waals surface area contributed by atoms with Gasteiger partial charge in [-0.2, -0.15) is 0 Å². The minimum absolute atomic E-state index is 0.0638. The van der Waals surface area contributed by atoms with Crippen molar-refractivity contribution in [2.75, 3.05) is 25.2 Å². The van der Waals surface area contributed by atoms with E-state index in [1.165, 1.54) is 0 Å². The van der Waals surface area contributed by atoms with Gasteiger partial charge in [0.15, 0.2) is 0 Å². The molecular weight excluding hydrogens is 220 g/mol. The van der Waals surface area contributed by atoms with Crippen molar-refractivity contribution in [3.8, 4) is 0 Å². The lowest BCUT2D eigenvalue weighted by Gasteiger charge is -2.35. The zero-order valence-corrected chi connectivity index (χ0v) is 9.23. The molecule has 2 nitrogen and oxygen atoms in total. The van der Waals surface area contributed by atoms with Crippen LogP contribution in [0.25, 0.3) is 0 Å². The third-order valence-corrected chi connectivity index (χ3v) is 3.28. The van der Waals surface area contributed by atoms with Gasteiger partial charge in [-0.3, -0.25) is 0 Å². The van der Waals surface area contributed by atoms with E-state index in [0.29, 0.717) is 0 Å². The summed E-state index contributed by atoms with van der Waals surface area (Å²) in [5, 5.41) is 0.934. The second kappa shape index (κ2) is 5.20. The minimum Gasteiger partial charge on any atom is -0.381 e. The molecule has 1 saturated heterocycles. The molecule has 1 aliphatic heterocycles. The summed E-state index contributed by atoms with van der Waals surface area (Å²) < 4.78 is 11.1. The number of rotatable bonds is 4. The lowest BCUT2D eigenvalue weighted by Crippen LogP contribution is -2.40. The van der Waals surface area contributed by atoms with Crippen molar-refractivity contribution in [1.29, 1.82) is 0 Å². The molecule has 0 atom stereocenters. The van der Waals surface area contributed by atoms with E-state index in [9.17, 15) is 0 Å². The third-order valence-electron chi connectivity index (χ3n) is 2.26. The van der Waals surface area contributed by atoms with Crippen LogP contribution in [0.15, 0.2) is 0 Å². The topological polar surface area (TPSA) is 18.5 Å². The Morgan fingerprint density at radius 2 is 2.08 bits per heavy atom. The fraction of sp³-hybridized carbons (Fsp3) is 1.00. The first kappa shape index (κ1) is 10.5. The molecule has 0 spiro atoms. The highest BCUT2D eigenvalue weighted by Crippen LogP contribution is 2.27. The first-order valence-corrected chi connectivity index (χ1v) is 5.73. The molecule has 0 N–H and O–H groups in total. The molecule has 0 radical (unpaired) electrons. The summed E-state index contributed by atoms with van der Waals surface area (Å²) in [6, 6.07) is 0. The van der Waals surface area contributed by atoms with Gasteiger partial charge >= 0.3 is 0 Å². The van der Waals surface area contributed by atoms with Crippen LogP contribution in [0.4, 0.5) is 0 Å². The van der Waals surface area contributed by atoms with Crippen LogP contribution in [0.5, 0.6) is 0 Å². The molecule has 12 heavy (non-hydrogen) atoms. The Hall–Kier alpha value is 0.400. The van der Waals surface area contributed by atoms with Crippen molar-refractivity contribution >= 4 is 15.9 Å². The van der Waals surface area contributed by atoms with Crippen LogP contribution in [0.1, 0.15) is 26.2 Å². The van der Waals surface area contributed by atoms with E-state index in [2.05, 4.69) is 22.9 Å². The van der Waals surface area contributed by atoms with E-state index < -0.39 is 0 Å². The zero-order valence-electron chi connectivity index (χ0n) is 7.64. The van der Waals surface area contributed by atoms with Crippen LogP contribution in [0, 0.1) is 0 Å². The largest absolute Gasteiger partial charge is 0.381 e. The molecular formula is C9H17BrO2. The summed E-state index contributed by atoms with van der Waals surface area (Å²) in [6.07, 6.45) is 3.14. The SMILES string of the molecule is CCCOC1(CBr)CCOCC1. The van der Waals surface area contributed by atoms with Crippen LogP contribution in [-0.2, 0) is 9.47 Å². The highest BCUT2D eigenvalue weighted by Gasteiger charge is 2.31. The van der Waals surface area contributed by atoms with Crippen molar-refractivity contribution in [1.82, 2.24) is 0 Å². The Morgan fingerprint density at radius 3 is 2.58 bits per heavy atom. The minimum atomic E-state index is 0.0638. The first-order valence-electron chi connectivity index (χ1n) is 4.61. The van der Waals surface area contributed by atoms with Crippen LogP contribution >= 0.6 is 15.9 Å². The Bertz CT molecular complexity index is 122. The summed E-state index contributed by atoms with van der Waals surface area (Å²) in [5.41, 5.74) is 0.0638. The molecule has 0 amide bonds. The molecule has 1 heterocycles. The van der Waals surface area contributed by atoms with Gasteiger partial charge in [-0.1, -0.05) is 22.9 Å². The Balaban J connectivity index is 2.37. The predicted molar refractivity (Wildman–Crippen MR) is 52.8 cm³/mol. The van der Waals surface area contributed by atoms with Crippen LogP contribution in [-0.4, -0.2) is 30.8 Å². The van der Waals surface area contributed by atoms with Gasteiger partial charge in [-0.25, -0.2) is 0 Å². The number of hydrogen-bond acceptors (Lipinski definition) is 2. The van der Waals surface area contributed by atoms with E-state index in [4.69, 9.17) is 9.47 Å². The summed E-state index contributed by atoms with van der Waals surface area (Å²) >= 11 is 3.52. The van der Waals surface area contributed by atoms with Crippen molar-refractivity contribution in [2.45, 2.75) is 31.8 Å². The van der Waals surface area contributed by atoms with Gasteiger partial charge in [0.05, 0.1) is 5.60 Å². The quantitative estimate of drug-likeness (QED) is 0.699. The van der Waals surface area contributed by atoms with Crippen molar-refractivity contribution < 1.29 is 9.47 Å². The molecule has 1 fully saturated rings. The molecule has 0 aromatic carbocycles. The number of alkyl halides is 1. The summed E-state index contributed by atoms with van der Waals surface area (Å²) in [4.78, 5) is 0. The summed E-state index contributed by atoms with van der Waals surface area (Å²) in [5.74, 6) is 0. The number of ether oxygens (including phenoxy) is 2. The maximum absolute atomic E-state index is 5.84. The van der Waals surface area contributed by atoms with E-state index in [1.807, 2.05) is 0 Å². The van der Waals surface area contributed by atoms with Crippen LogP contribution in [0.3, 0.4) is 0 Å². The van der Waals surface area contributed by atoms with E-state index in [0.717, 1.165) is 44.4 Å². The predicted octanol–water partition coefficient (Wildman–Crippen LogP) is 2.36. The normalized spacial score (nSPS) is 22.5. The summed E-state index contributed by atoms with van der Waals surface area (Å²) in [7, 11) is 0. The van der Waals surface area contributed by atoms with E-state index >= 15 is 0 Å². The number of halogens is 1. The second-order valence-electron chi connectivity index (χ2n) is 3.28.